The lowest BCUT2D eigenvalue weighted by atomic mass is 9.83. The molecule has 0 aliphatic carbocycles. The Labute approximate surface area is 203 Å². The Morgan fingerprint density at radius 1 is 1.09 bits per heavy atom. The maximum absolute atomic E-state index is 13.8. The van der Waals surface area contributed by atoms with Gasteiger partial charge in [-0.15, -0.1) is 0 Å². The van der Waals surface area contributed by atoms with Gasteiger partial charge in [-0.1, -0.05) is 48.6 Å². The highest BCUT2D eigenvalue weighted by Crippen LogP contribution is 2.37. The molecule has 0 radical (unpaired) electrons. The number of hydrogen-bond donors (Lipinski definition) is 1. The largest absolute Gasteiger partial charge is 0.341 e. The maximum Gasteiger partial charge on any atom is 0.317 e. The first-order valence-corrected chi connectivity index (χ1v) is 11.3. The van der Waals surface area contributed by atoms with E-state index in [2.05, 4.69) is 11.9 Å². The van der Waals surface area contributed by atoms with Gasteiger partial charge in [0.15, 0.2) is 5.54 Å². The second-order valence-corrected chi connectivity index (χ2v) is 9.23. The second-order valence-electron chi connectivity index (χ2n) is 9.23. The first-order chi connectivity index (χ1) is 16.5. The summed E-state index contributed by atoms with van der Waals surface area (Å²) < 4.78 is 27.2. The molecule has 1 spiro atoms. The molecule has 1 N–H and O–H groups in total. The van der Waals surface area contributed by atoms with Gasteiger partial charge in [-0.05, 0) is 30.2 Å². The molecule has 2 aromatic carbocycles. The second kappa shape index (κ2) is 8.79. The number of nitrogens with one attached hydrogen (secondary N) is 1. The molecule has 35 heavy (non-hydrogen) atoms. The predicted molar refractivity (Wildman–Crippen MR) is 129 cm³/mol. The van der Waals surface area contributed by atoms with E-state index in [1.54, 1.807) is 12.1 Å². The molecule has 0 unspecified atom stereocenters. The van der Waals surface area contributed by atoms with Gasteiger partial charge in [0.25, 0.3) is 11.8 Å². The maximum atomic E-state index is 13.8. The van der Waals surface area contributed by atoms with Gasteiger partial charge in [0, 0.05) is 31.8 Å². The molecule has 0 aromatic heterocycles. The number of rotatable bonds is 5. The van der Waals surface area contributed by atoms with Crippen molar-refractivity contribution in [3.63, 3.8) is 0 Å². The van der Waals surface area contributed by atoms with Crippen molar-refractivity contribution in [3.05, 3.63) is 71.8 Å². The van der Waals surface area contributed by atoms with Crippen LogP contribution < -0.4 is 10.2 Å². The van der Waals surface area contributed by atoms with Gasteiger partial charge in [-0.2, -0.15) is 0 Å². The lowest BCUT2D eigenvalue weighted by molar-refractivity contribution is -0.161. The SMILES string of the molecule is C=C(C)c1ccc(N2CC(=O)N(Cc3ccc(C(C)(F)F)cc3)C3(CN(C(=O)NC)C3)C2=O)cc1. The molecule has 4 rings (SSSR count). The Morgan fingerprint density at radius 2 is 1.69 bits per heavy atom. The van der Waals surface area contributed by atoms with E-state index in [1.165, 1.54) is 46.0 Å². The molecule has 2 aliphatic heterocycles. The molecule has 9 heteroatoms. The van der Waals surface area contributed by atoms with Gasteiger partial charge < -0.3 is 20.0 Å². The number of benzene rings is 2. The van der Waals surface area contributed by atoms with Crippen LogP contribution >= 0.6 is 0 Å². The average Bonchev–Trinajstić information content (AvgIpc) is 2.79. The molecule has 2 saturated heterocycles. The number of halogens is 2. The van der Waals surface area contributed by atoms with Crippen molar-refractivity contribution in [2.75, 3.05) is 31.6 Å². The van der Waals surface area contributed by atoms with Gasteiger partial charge in [0.1, 0.15) is 6.54 Å². The first-order valence-electron chi connectivity index (χ1n) is 11.3. The van der Waals surface area contributed by atoms with E-state index in [9.17, 15) is 23.2 Å². The van der Waals surface area contributed by atoms with Crippen LogP contribution in [0.2, 0.25) is 0 Å². The molecular formula is C26H28F2N4O3. The minimum absolute atomic E-state index is 0.0444. The topological polar surface area (TPSA) is 73.0 Å². The summed E-state index contributed by atoms with van der Waals surface area (Å²) >= 11 is 0. The molecule has 7 nitrogen and oxygen atoms in total. The number of anilines is 1. The van der Waals surface area contributed by atoms with Gasteiger partial charge in [0.2, 0.25) is 5.91 Å². The van der Waals surface area contributed by atoms with Crippen molar-refractivity contribution >= 4 is 29.1 Å². The predicted octanol–water partition coefficient (Wildman–Crippen LogP) is 3.60. The van der Waals surface area contributed by atoms with Crippen molar-refractivity contribution in [2.45, 2.75) is 31.9 Å². The van der Waals surface area contributed by atoms with Crippen LogP contribution in [0.5, 0.6) is 0 Å². The zero-order valence-electron chi connectivity index (χ0n) is 20.0. The third-order valence-electron chi connectivity index (χ3n) is 6.63. The molecule has 184 valence electrons. The van der Waals surface area contributed by atoms with Gasteiger partial charge in [-0.25, -0.2) is 13.6 Å². The highest BCUT2D eigenvalue weighted by atomic mass is 19.3. The van der Waals surface area contributed by atoms with Crippen molar-refractivity contribution in [3.8, 4) is 0 Å². The summed E-state index contributed by atoms with van der Waals surface area (Å²) in [6, 6.07) is 12.6. The van der Waals surface area contributed by atoms with Crippen LogP contribution in [0.4, 0.5) is 19.3 Å². The number of likely N-dealkylation sites (tertiary alicyclic amines) is 1. The van der Waals surface area contributed by atoms with Crippen molar-refractivity contribution in [1.82, 2.24) is 15.1 Å². The zero-order valence-corrected chi connectivity index (χ0v) is 20.0. The number of urea groups is 1. The van der Waals surface area contributed by atoms with Gasteiger partial charge in [-0.3, -0.25) is 9.59 Å². The number of amides is 4. The fraction of sp³-hybridized carbons (Fsp3) is 0.346. The summed E-state index contributed by atoms with van der Waals surface area (Å²) in [5.41, 5.74) is 1.65. The Bertz CT molecular complexity index is 1170. The van der Waals surface area contributed by atoms with E-state index in [-0.39, 0.29) is 49.6 Å². The van der Waals surface area contributed by atoms with Crippen molar-refractivity contribution < 1.29 is 23.2 Å². The minimum atomic E-state index is -2.97. The Hall–Kier alpha value is -3.75. The standard InChI is InChI=1S/C26H28F2N4O3/c1-17(2)19-7-11-21(12-8-19)31-14-22(33)32(13-18-5-9-20(10-6-18)25(3,27)28)26(23(31)34)15-30(16-26)24(35)29-4/h5-12H,1,13-16H2,2-4H3,(H,29,35). The fourth-order valence-corrected chi connectivity index (χ4v) is 4.55. The first kappa shape index (κ1) is 24.4. The van der Waals surface area contributed by atoms with Crippen LogP contribution in [0.25, 0.3) is 5.57 Å². The fourth-order valence-electron chi connectivity index (χ4n) is 4.55. The molecule has 0 saturated carbocycles. The highest BCUT2D eigenvalue weighted by Gasteiger charge is 2.60. The summed E-state index contributed by atoms with van der Waals surface area (Å²) in [7, 11) is 1.50. The van der Waals surface area contributed by atoms with Crippen molar-refractivity contribution in [2.24, 2.45) is 0 Å². The average molecular weight is 483 g/mol. The summed E-state index contributed by atoms with van der Waals surface area (Å²) in [5, 5.41) is 2.54. The number of carbonyl (C=O) groups is 3. The lowest BCUT2D eigenvalue weighted by Crippen LogP contribution is -2.81. The van der Waals surface area contributed by atoms with Crippen LogP contribution in [0.1, 0.15) is 30.5 Å². The number of piperazine rings is 1. The summed E-state index contributed by atoms with van der Waals surface area (Å²) in [6.07, 6.45) is 0. The van der Waals surface area contributed by atoms with Gasteiger partial charge >= 0.3 is 6.03 Å². The van der Waals surface area contributed by atoms with Gasteiger partial charge in [0.05, 0.1) is 13.1 Å². The van der Waals surface area contributed by atoms with E-state index in [1.807, 2.05) is 19.1 Å². The van der Waals surface area contributed by atoms with E-state index in [0.717, 1.165) is 18.1 Å². The van der Waals surface area contributed by atoms with E-state index in [4.69, 9.17) is 0 Å². The number of nitrogens with zero attached hydrogens (tertiary/aromatic N) is 3. The molecule has 2 heterocycles. The monoisotopic (exact) mass is 482 g/mol. The van der Waals surface area contributed by atoms with Crippen LogP contribution in [0.3, 0.4) is 0 Å². The number of hydrogen-bond acceptors (Lipinski definition) is 3. The van der Waals surface area contributed by atoms with Crippen LogP contribution in [-0.2, 0) is 22.1 Å². The molecule has 0 bridgehead atoms. The quantitative estimate of drug-likeness (QED) is 0.708. The lowest BCUT2D eigenvalue weighted by Gasteiger charge is -2.57. The highest BCUT2D eigenvalue weighted by molar-refractivity contribution is 6.10. The van der Waals surface area contributed by atoms with Crippen LogP contribution in [0, 0.1) is 0 Å². The van der Waals surface area contributed by atoms with E-state index < -0.39 is 11.5 Å². The van der Waals surface area contributed by atoms with Crippen LogP contribution in [0.15, 0.2) is 55.1 Å². The molecule has 0 atom stereocenters. The minimum Gasteiger partial charge on any atom is -0.341 e. The van der Waals surface area contributed by atoms with Crippen molar-refractivity contribution in [1.29, 1.82) is 0 Å². The number of allylic oxidation sites excluding steroid dienone is 1. The Balaban J connectivity index is 1.64. The summed E-state index contributed by atoms with van der Waals surface area (Å²) in [5.74, 6) is -3.54. The third kappa shape index (κ3) is 4.38. The summed E-state index contributed by atoms with van der Waals surface area (Å²) in [6.45, 7) is 6.63. The Kier molecular flexibility index (Phi) is 6.12. The molecule has 2 aromatic rings. The summed E-state index contributed by atoms with van der Waals surface area (Å²) in [4.78, 5) is 43.7. The smallest absolute Gasteiger partial charge is 0.317 e. The third-order valence-corrected chi connectivity index (χ3v) is 6.63. The van der Waals surface area contributed by atoms with E-state index in [0.29, 0.717) is 11.3 Å². The molecule has 4 amide bonds. The normalized spacial score (nSPS) is 17.5. The number of alkyl halides is 2. The number of carbonyl (C=O) groups excluding carboxylic acids is 3. The van der Waals surface area contributed by atoms with E-state index >= 15 is 0 Å². The Morgan fingerprint density at radius 3 is 2.20 bits per heavy atom. The zero-order chi connectivity index (χ0) is 25.5. The van der Waals surface area contributed by atoms with Crippen LogP contribution in [-0.4, -0.2) is 59.9 Å². The molecular weight excluding hydrogens is 454 g/mol. The molecule has 2 aliphatic rings. The molecule has 2 fully saturated rings.